The van der Waals surface area contributed by atoms with Crippen LogP contribution < -0.4 is 11.1 Å². The number of hydrogen-bond acceptors (Lipinski definition) is 3. The fraction of sp³-hybridized carbons (Fsp3) is 0.308. The molecule has 1 aromatic carbocycles. The Morgan fingerprint density at radius 3 is 3.00 bits per heavy atom. The molecule has 0 heterocycles. The van der Waals surface area contributed by atoms with E-state index in [1.807, 2.05) is 6.92 Å². The third-order valence-corrected chi connectivity index (χ3v) is 2.25. The van der Waals surface area contributed by atoms with Gasteiger partial charge in [-0.25, -0.2) is 0 Å². The number of carbonyl (C=O) groups is 1. The van der Waals surface area contributed by atoms with Gasteiger partial charge < -0.3 is 15.8 Å². The zero-order chi connectivity index (χ0) is 13.4. The summed E-state index contributed by atoms with van der Waals surface area (Å²) in [6.07, 6.45) is 0. The van der Waals surface area contributed by atoms with Crippen molar-refractivity contribution < 1.29 is 9.53 Å². The standard InChI is InChI=1S/C13H15ClN2O2/c1-2-18-9-13(17)16-12-6-5-11(14)8-10(12)4-3-7-15/h5-6,8H,2,7,9,15H2,1H3,(H,16,17). The number of amides is 1. The summed E-state index contributed by atoms with van der Waals surface area (Å²) >= 11 is 5.88. The van der Waals surface area contributed by atoms with Gasteiger partial charge in [-0.15, -0.1) is 0 Å². The fourth-order valence-electron chi connectivity index (χ4n) is 1.26. The summed E-state index contributed by atoms with van der Waals surface area (Å²) in [5.41, 5.74) is 6.56. The van der Waals surface area contributed by atoms with E-state index in [4.69, 9.17) is 22.1 Å². The minimum atomic E-state index is -0.227. The molecule has 0 aliphatic carbocycles. The summed E-state index contributed by atoms with van der Waals surface area (Å²) in [5.74, 6) is 5.36. The van der Waals surface area contributed by atoms with Crippen LogP contribution in [0.1, 0.15) is 12.5 Å². The first-order valence-corrected chi connectivity index (χ1v) is 5.91. The van der Waals surface area contributed by atoms with Crippen molar-refractivity contribution in [3.63, 3.8) is 0 Å². The smallest absolute Gasteiger partial charge is 0.250 e. The number of carbonyl (C=O) groups excluding carboxylic acids is 1. The van der Waals surface area contributed by atoms with Gasteiger partial charge in [0.05, 0.1) is 12.2 Å². The molecule has 1 aromatic rings. The molecule has 0 saturated heterocycles. The Labute approximate surface area is 111 Å². The summed E-state index contributed by atoms with van der Waals surface area (Å²) in [6, 6.07) is 5.07. The molecule has 5 heteroatoms. The summed E-state index contributed by atoms with van der Waals surface area (Å²) in [6.45, 7) is 2.59. The van der Waals surface area contributed by atoms with Crippen LogP contribution in [0, 0.1) is 11.8 Å². The number of nitrogens with two attached hydrogens (primary N) is 1. The quantitative estimate of drug-likeness (QED) is 0.814. The van der Waals surface area contributed by atoms with Crippen molar-refractivity contribution in [1.29, 1.82) is 0 Å². The number of anilines is 1. The average molecular weight is 267 g/mol. The van der Waals surface area contributed by atoms with Gasteiger partial charge in [0.25, 0.3) is 0 Å². The molecule has 0 aromatic heterocycles. The van der Waals surface area contributed by atoms with Gasteiger partial charge in [-0.05, 0) is 25.1 Å². The maximum absolute atomic E-state index is 11.5. The van der Waals surface area contributed by atoms with Gasteiger partial charge >= 0.3 is 0 Å². The second-order valence-corrected chi connectivity index (χ2v) is 3.82. The van der Waals surface area contributed by atoms with E-state index in [1.54, 1.807) is 18.2 Å². The van der Waals surface area contributed by atoms with E-state index < -0.39 is 0 Å². The van der Waals surface area contributed by atoms with Crippen LogP contribution in [0.15, 0.2) is 18.2 Å². The van der Waals surface area contributed by atoms with Crippen LogP contribution in [-0.2, 0) is 9.53 Å². The Bertz CT molecular complexity index is 478. The molecule has 18 heavy (non-hydrogen) atoms. The predicted octanol–water partition coefficient (Wildman–Crippen LogP) is 1.63. The molecule has 1 rings (SSSR count). The van der Waals surface area contributed by atoms with Crippen molar-refractivity contribution in [2.45, 2.75) is 6.92 Å². The van der Waals surface area contributed by atoms with Crippen molar-refractivity contribution in [1.82, 2.24) is 0 Å². The highest BCUT2D eigenvalue weighted by Gasteiger charge is 2.06. The van der Waals surface area contributed by atoms with Crippen molar-refractivity contribution in [2.24, 2.45) is 5.73 Å². The van der Waals surface area contributed by atoms with Crippen molar-refractivity contribution >= 4 is 23.2 Å². The average Bonchev–Trinajstić information content (AvgIpc) is 2.36. The highest BCUT2D eigenvalue weighted by molar-refractivity contribution is 6.30. The first kappa shape index (κ1) is 14.5. The van der Waals surface area contributed by atoms with E-state index in [-0.39, 0.29) is 19.1 Å². The molecular weight excluding hydrogens is 252 g/mol. The van der Waals surface area contributed by atoms with Gasteiger partial charge in [0.15, 0.2) is 0 Å². The van der Waals surface area contributed by atoms with Crippen molar-refractivity contribution in [3.05, 3.63) is 28.8 Å². The first-order chi connectivity index (χ1) is 8.67. The highest BCUT2D eigenvalue weighted by Crippen LogP contribution is 2.19. The molecule has 0 saturated carbocycles. The number of hydrogen-bond donors (Lipinski definition) is 2. The molecule has 1 amide bonds. The van der Waals surface area contributed by atoms with Gasteiger partial charge in [-0.3, -0.25) is 4.79 Å². The lowest BCUT2D eigenvalue weighted by Crippen LogP contribution is -2.18. The van der Waals surface area contributed by atoms with Gasteiger partial charge in [0, 0.05) is 17.2 Å². The largest absolute Gasteiger partial charge is 0.372 e. The molecule has 0 unspecified atom stereocenters. The summed E-state index contributed by atoms with van der Waals surface area (Å²) in [5, 5.41) is 3.27. The van der Waals surface area contributed by atoms with E-state index in [1.165, 1.54) is 0 Å². The topological polar surface area (TPSA) is 64.3 Å². The number of rotatable bonds is 4. The van der Waals surface area contributed by atoms with E-state index in [0.717, 1.165) is 0 Å². The van der Waals surface area contributed by atoms with Gasteiger partial charge in [-0.2, -0.15) is 0 Å². The van der Waals surface area contributed by atoms with Crippen molar-refractivity contribution in [3.8, 4) is 11.8 Å². The van der Waals surface area contributed by atoms with Crippen LogP contribution in [0.2, 0.25) is 5.02 Å². The highest BCUT2D eigenvalue weighted by atomic mass is 35.5. The Balaban J connectivity index is 2.84. The second-order valence-electron chi connectivity index (χ2n) is 3.38. The molecule has 0 atom stereocenters. The molecular formula is C13H15ClN2O2. The minimum absolute atomic E-state index is 0.0167. The maximum Gasteiger partial charge on any atom is 0.250 e. The molecule has 0 fully saturated rings. The zero-order valence-electron chi connectivity index (χ0n) is 10.1. The molecule has 0 bridgehead atoms. The Morgan fingerprint density at radius 1 is 1.56 bits per heavy atom. The summed E-state index contributed by atoms with van der Waals surface area (Å²) in [7, 11) is 0. The molecule has 0 radical (unpaired) electrons. The van der Waals surface area contributed by atoms with Crippen LogP contribution in [0.4, 0.5) is 5.69 Å². The van der Waals surface area contributed by atoms with E-state index >= 15 is 0 Å². The number of ether oxygens (including phenoxy) is 1. The van der Waals surface area contributed by atoms with Crippen LogP contribution in [0.25, 0.3) is 0 Å². The number of nitrogens with one attached hydrogen (secondary N) is 1. The van der Waals surface area contributed by atoms with Gasteiger partial charge in [0.2, 0.25) is 5.91 Å². The van der Waals surface area contributed by atoms with E-state index in [0.29, 0.717) is 22.9 Å². The predicted molar refractivity (Wildman–Crippen MR) is 72.5 cm³/mol. The van der Waals surface area contributed by atoms with Crippen LogP contribution in [0.3, 0.4) is 0 Å². The Hall–Kier alpha value is -1.54. The first-order valence-electron chi connectivity index (χ1n) is 5.53. The third-order valence-electron chi connectivity index (χ3n) is 2.02. The van der Waals surface area contributed by atoms with Crippen LogP contribution in [0.5, 0.6) is 0 Å². The van der Waals surface area contributed by atoms with E-state index in [2.05, 4.69) is 17.2 Å². The Kier molecular flexibility index (Phi) is 6.23. The SMILES string of the molecule is CCOCC(=O)Nc1ccc(Cl)cc1C#CCN. The normalized spacial score (nSPS) is 9.50. The van der Waals surface area contributed by atoms with Gasteiger partial charge in [0.1, 0.15) is 6.61 Å². The summed E-state index contributed by atoms with van der Waals surface area (Å²) in [4.78, 5) is 11.5. The number of benzene rings is 1. The summed E-state index contributed by atoms with van der Waals surface area (Å²) < 4.78 is 5.02. The molecule has 4 nitrogen and oxygen atoms in total. The number of halogens is 1. The molecule has 0 aliphatic rings. The van der Waals surface area contributed by atoms with Crippen LogP contribution in [-0.4, -0.2) is 25.7 Å². The maximum atomic E-state index is 11.5. The minimum Gasteiger partial charge on any atom is -0.372 e. The lowest BCUT2D eigenvalue weighted by molar-refractivity contribution is -0.120. The fourth-order valence-corrected chi connectivity index (χ4v) is 1.43. The lowest BCUT2D eigenvalue weighted by atomic mass is 10.2. The van der Waals surface area contributed by atoms with Gasteiger partial charge in [-0.1, -0.05) is 23.4 Å². The van der Waals surface area contributed by atoms with Crippen molar-refractivity contribution in [2.75, 3.05) is 25.1 Å². The molecule has 96 valence electrons. The molecule has 0 aliphatic heterocycles. The monoisotopic (exact) mass is 266 g/mol. The van der Waals surface area contributed by atoms with Crippen LogP contribution >= 0.6 is 11.6 Å². The molecule has 3 N–H and O–H groups in total. The second kappa shape index (κ2) is 7.72. The lowest BCUT2D eigenvalue weighted by Gasteiger charge is -2.08. The van der Waals surface area contributed by atoms with E-state index in [9.17, 15) is 4.79 Å². The molecule has 0 spiro atoms. The Morgan fingerprint density at radius 2 is 2.33 bits per heavy atom. The third kappa shape index (κ3) is 4.76. The zero-order valence-corrected chi connectivity index (χ0v) is 10.9.